The third-order valence-corrected chi connectivity index (χ3v) is 3.51. The average Bonchev–Trinajstić information content (AvgIpc) is 2.78. The van der Waals surface area contributed by atoms with Gasteiger partial charge in [-0.3, -0.25) is 4.79 Å². The van der Waals surface area contributed by atoms with Gasteiger partial charge < -0.3 is 27.0 Å². The summed E-state index contributed by atoms with van der Waals surface area (Å²) in [5, 5.41) is 9.20. The largest absolute Gasteiger partial charge is 0.392 e. The van der Waals surface area contributed by atoms with Gasteiger partial charge in [-0.2, -0.15) is 9.97 Å². The van der Waals surface area contributed by atoms with Gasteiger partial charge in [-0.05, 0) is 29.7 Å². The molecule has 0 fully saturated rings. The number of aliphatic hydroxyl groups is 1. The lowest BCUT2D eigenvalue weighted by Gasteiger charge is -2.10. The quantitative estimate of drug-likeness (QED) is 0.374. The van der Waals surface area contributed by atoms with Crippen molar-refractivity contribution in [1.82, 2.24) is 9.97 Å². The monoisotopic (exact) mass is 421 g/mol. The van der Waals surface area contributed by atoms with Crippen LogP contribution in [-0.4, -0.2) is 34.6 Å². The van der Waals surface area contributed by atoms with Gasteiger partial charge in [-0.1, -0.05) is 47.6 Å². The third kappa shape index (κ3) is 10.7. The number of aromatic nitrogens is 2. The van der Waals surface area contributed by atoms with E-state index in [1.54, 1.807) is 12.1 Å². The number of nitrogen functional groups attached to an aromatic ring is 3. The zero-order valence-electron chi connectivity index (χ0n) is 19.2. The molecule has 0 bridgehead atoms. The normalized spacial score (nSPS) is 9.17. The maximum absolute atomic E-state index is 10.9. The smallest absolute Gasteiger partial charge is 0.223 e. The van der Waals surface area contributed by atoms with Gasteiger partial charge in [0, 0.05) is 17.5 Å². The summed E-state index contributed by atoms with van der Waals surface area (Å²) in [6, 6.07) is 5.28. The molecule has 2 rings (SSSR count). The molecule has 30 heavy (non-hydrogen) atoms. The fraction of sp³-hybridized carbons (Fsp3) is 0.500. The minimum atomic E-state index is -0.106. The Bertz CT molecular complexity index is 701. The Morgan fingerprint density at radius 3 is 1.87 bits per heavy atom. The van der Waals surface area contributed by atoms with Crippen molar-refractivity contribution in [1.29, 1.82) is 0 Å². The number of nitrogens with two attached hydrogens (primary N) is 3. The van der Waals surface area contributed by atoms with Crippen molar-refractivity contribution < 1.29 is 14.6 Å². The van der Waals surface area contributed by atoms with Crippen LogP contribution < -0.4 is 17.2 Å². The number of hydrogen-bond acceptors (Lipinski definition) is 8. The number of carbonyl (C=O) groups is 1. The highest BCUT2D eigenvalue weighted by molar-refractivity contribution is 5.75. The molecule has 2 aromatic rings. The molecule has 7 N–H and O–H groups in total. The van der Waals surface area contributed by atoms with Crippen molar-refractivity contribution in [3.63, 3.8) is 0 Å². The van der Waals surface area contributed by atoms with Crippen LogP contribution in [0.15, 0.2) is 18.2 Å². The molecule has 0 atom stereocenters. The Balaban J connectivity index is 0. The molecule has 1 aromatic carbocycles. The lowest BCUT2D eigenvalue weighted by molar-refractivity contribution is 0.112. The van der Waals surface area contributed by atoms with Crippen molar-refractivity contribution in [2.45, 2.75) is 61.0 Å². The lowest BCUT2D eigenvalue weighted by atomic mass is 10.0. The topological polar surface area (TPSA) is 150 Å². The minimum Gasteiger partial charge on any atom is -0.392 e. The second-order valence-corrected chi connectivity index (χ2v) is 5.30. The number of carbonyl (C=O) groups excluding carboxylic acids is 1. The maximum atomic E-state index is 10.9. The Hall–Kier alpha value is -2.71. The Morgan fingerprint density at radius 1 is 0.867 bits per heavy atom. The van der Waals surface area contributed by atoms with Crippen LogP contribution in [0, 0.1) is 0 Å². The lowest BCUT2D eigenvalue weighted by Crippen LogP contribution is -2.11. The molecule has 1 aromatic heterocycles. The summed E-state index contributed by atoms with van der Waals surface area (Å²) in [5.74, 6) is 0.564. The first kappa shape index (κ1) is 29.5. The molecule has 0 aliphatic carbocycles. The molecule has 8 nitrogen and oxygen atoms in total. The summed E-state index contributed by atoms with van der Waals surface area (Å²) in [7, 11) is 0. The SMILES string of the molecule is CC.CC.CC.Nc1nc(N)c(CCOCCc2cc(C=O)cc(CO)c2)c(N)n1. The minimum absolute atomic E-state index is 0.0458. The maximum Gasteiger partial charge on any atom is 0.223 e. The van der Waals surface area contributed by atoms with Gasteiger partial charge in [0.2, 0.25) is 5.95 Å². The zero-order chi connectivity index (χ0) is 23.5. The van der Waals surface area contributed by atoms with Gasteiger partial charge in [0.05, 0.1) is 19.8 Å². The van der Waals surface area contributed by atoms with Crippen molar-refractivity contribution in [2.75, 3.05) is 30.4 Å². The standard InChI is InChI=1S/C16H21N5O3.3C2H6/c17-14-13(15(18)21-16(19)20-14)2-4-24-3-1-10-5-11(8-22)7-12(6-10)9-23;3*1-2/h5-8,23H,1-4,9H2,(H6,17,18,19,20,21);3*1-2H3. The second kappa shape index (κ2) is 18.3. The number of rotatable bonds is 8. The van der Waals surface area contributed by atoms with Crippen LogP contribution in [0.5, 0.6) is 0 Å². The summed E-state index contributed by atoms with van der Waals surface area (Å²) in [6.45, 7) is 12.8. The molecule has 0 saturated carbocycles. The number of aldehydes is 1. The molecule has 0 aliphatic heterocycles. The number of ether oxygens (including phenoxy) is 1. The second-order valence-electron chi connectivity index (χ2n) is 5.30. The van der Waals surface area contributed by atoms with E-state index in [0.717, 1.165) is 11.8 Å². The summed E-state index contributed by atoms with van der Waals surface area (Å²) < 4.78 is 5.58. The summed E-state index contributed by atoms with van der Waals surface area (Å²) in [5.41, 5.74) is 19.8. The van der Waals surface area contributed by atoms with E-state index in [1.807, 2.05) is 47.6 Å². The van der Waals surface area contributed by atoms with Gasteiger partial charge in [-0.25, -0.2) is 0 Å². The highest BCUT2D eigenvalue weighted by atomic mass is 16.5. The number of aliphatic hydroxyl groups excluding tert-OH is 1. The van der Waals surface area contributed by atoms with E-state index in [4.69, 9.17) is 21.9 Å². The molecule has 8 heteroatoms. The van der Waals surface area contributed by atoms with Crippen molar-refractivity contribution in [3.8, 4) is 0 Å². The highest BCUT2D eigenvalue weighted by Gasteiger charge is 2.08. The van der Waals surface area contributed by atoms with Crippen LogP contribution in [0.4, 0.5) is 17.6 Å². The van der Waals surface area contributed by atoms with Gasteiger partial charge in [-0.15, -0.1) is 0 Å². The fourth-order valence-corrected chi connectivity index (χ4v) is 2.36. The molecule has 0 saturated heterocycles. The van der Waals surface area contributed by atoms with Gasteiger partial charge >= 0.3 is 0 Å². The molecule has 0 aliphatic rings. The first-order chi connectivity index (χ1) is 14.5. The first-order valence-electron chi connectivity index (χ1n) is 10.5. The predicted molar refractivity (Wildman–Crippen MR) is 125 cm³/mol. The molecular formula is C22H39N5O3. The molecular weight excluding hydrogens is 382 g/mol. The van der Waals surface area contributed by atoms with Crippen LogP contribution in [0.2, 0.25) is 0 Å². The average molecular weight is 422 g/mol. The predicted octanol–water partition coefficient (Wildman–Crippen LogP) is 3.41. The number of benzene rings is 1. The van der Waals surface area contributed by atoms with Crippen LogP contribution >= 0.6 is 0 Å². The van der Waals surface area contributed by atoms with Crippen LogP contribution in [-0.2, 0) is 24.2 Å². The van der Waals surface area contributed by atoms with E-state index in [-0.39, 0.29) is 24.2 Å². The van der Waals surface area contributed by atoms with Crippen LogP contribution in [0.1, 0.15) is 68.6 Å². The summed E-state index contributed by atoms with van der Waals surface area (Å²) in [6.07, 6.45) is 1.86. The van der Waals surface area contributed by atoms with Crippen molar-refractivity contribution in [3.05, 3.63) is 40.5 Å². The van der Waals surface area contributed by atoms with Crippen LogP contribution in [0.3, 0.4) is 0 Å². The highest BCUT2D eigenvalue weighted by Crippen LogP contribution is 2.17. The Morgan fingerprint density at radius 2 is 1.37 bits per heavy atom. The zero-order valence-corrected chi connectivity index (χ0v) is 19.2. The molecule has 0 spiro atoms. The van der Waals surface area contributed by atoms with Gasteiger partial charge in [0.1, 0.15) is 17.9 Å². The third-order valence-electron chi connectivity index (χ3n) is 3.51. The molecule has 1 heterocycles. The van der Waals surface area contributed by atoms with Crippen molar-refractivity contribution in [2.24, 2.45) is 0 Å². The molecule has 0 unspecified atom stereocenters. The van der Waals surface area contributed by atoms with E-state index in [0.29, 0.717) is 42.7 Å². The summed E-state index contributed by atoms with van der Waals surface area (Å²) >= 11 is 0. The van der Waals surface area contributed by atoms with E-state index in [1.165, 1.54) is 0 Å². The Kier molecular flexibility index (Phi) is 18.0. The number of anilines is 3. The molecule has 0 amide bonds. The first-order valence-corrected chi connectivity index (χ1v) is 10.5. The van der Waals surface area contributed by atoms with Gasteiger partial charge in [0.25, 0.3) is 0 Å². The van der Waals surface area contributed by atoms with E-state index in [9.17, 15) is 9.90 Å². The number of nitrogens with zero attached hydrogens (tertiary/aromatic N) is 2. The van der Waals surface area contributed by atoms with E-state index < -0.39 is 0 Å². The van der Waals surface area contributed by atoms with Crippen molar-refractivity contribution >= 4 is 23.9 Å². The van der Waals surface area contributed by atoms with E-state index in [2.05, 4.69) is 9.97 Å². The number of hydrogen-bond donors (Lipinski definition) is 4. The van der Waals surface area contributed by atoms with Crippen LogP contribution in [0.25, 0.3) is 0 Å². The van der Waals surface area contributed by atoms with E-state index >= 15 is 0 Å². The summed E-state index contributed by atoms with van der Waals surface area (Å²) in [4.78, 5) is 18.6. The molecule has 0 radical (unpaired) electrons. The van der Waals surface area contributed by atoms with Gasteiger partial charge in [0.15, 0.2) is 0 Å². The fourth-order valence-electron chi connectivity index (χ4n) is 2.36. The molecule has 170 valence electrons. The Labute approximate surface area is 180 Å².